The molecule has 5 aromatic rings. The highest BCUT2D eigenvalue weighted by molar-refractivity contribution is 5.86. The average molecular weight is 611 g/mol. The Balaban J connectivity index is 1.53. The fraction of sp³-hybridized carbons (Fsp3) is 0.0909. The van der Waals surface area contributed by atoms with Crippen molar-refractivity contribution in [3.8, 4) is 11.5 Å². The molecule has 0 amide bonds. The predicted molar refractivity (Wildman–Crippen MR) is 196 cm³/mol. The van der Waals surface area contributed by atoms with Crippen molar-refractivity contribution >= 4 is 23.0 Å². The summed E-state index contributed by atoms with van der Waals surface area (Å²) in [5.41, 5.74) is 10.9. The Hall–Kier alpha value is -5.80. The van der Waals surface area contributed by atoms with E-state index in [-0.39, 0.29) is 6.04 Å². The highest BCUT2D eigenvalue weighted by Gasteiger charge is 2.30. The minimum Gasteiger partial charge on any atom is -0.456 e. The van der Waals surface area contributed by atoms with Crippen molar-refractivity contribution < 1.29 is 4.74 Å². The molecule has 0 saturated carbocycles. The van der Waals surface area contributed by atoms with Crippen LogP contribution in [0.2, 0.25) is 0 Å². The maximum atomic E-state index is 6.71. The number of ether oxygens (including phenoxy) is 1. The van der Waals surface area contributed by atoms with E-state index >= 15 is 0 Å². The van der Waals surface area contributed by atoms with E-state index in [9.17, 15) is 0 Å². The second-order valence-corrected chi connectivity index (χ2v) is 11.8. The van der Waals surface area contributed by atoms with Gasteiger partial charge in [-0.1, -0.05) is 141 Å². The first kappa shape index (κ1) is 29.9. The van der Waals surface area contributed by atoms with Gasteiger partial charge in [-0.3, -0.25) is 4.90 Å². The standard InChI is InChI=1S/C44H38N2O/c1-4-32-18-12-14-25-39(32)44-33(5-2)28-36-23-13-16-26-41(36)47-42-27-17-15-24-38(42)31(3)46(44)43-30-37(34-19-8-6-9-20-34)29-40(45-43)35-21-10-7-11-22-35/h4,6-27,29-30,40,45H,1,3,5,28H2,2H3/b44-33-. The van der Waals surface area contributed by atoms with E-state index in [2.05, 4.69) is 151 Å². The van der Waals surface area contributed by atoms with Crippen LogP contribution in [0, 0.1) is 0 Å². The topological polar surface area (TPSA) is 24.5 Å². The van der Waals surface area contributed by atoms with Gasteiger partial charge in [0, 0.05) is 11.1 Å². The van der Waals surface area contributed by atoms with E-state index < -0.39 is 0 Å². The zero-order valence-electron chi connectivity index (χ0n) is 26.7. The minimum absolute atomic E-state index is 0.0668. The molecule has 230 valence electrons. The van der Waals surface area contributed by atoms with E-state index in [0.717, 1.165) is 74.9 Å². The highest BCUT2D eigenvalue weighted by Crippen LogP contribution is 2.44. The fourth-order valence-corrected chi connectivity index (χ4v) is 6.55. The molecule has 0 fully saturated rings. The van der Waals surface area contributed by atoms with E-state index in [0.29, 0.717) is 0 Å². The molecule has 0 radical (unpaired) electrons. The van der Waals surface area contributed by atoms with Gasteiger partial charge in [-0.2, -0.15) is 0 Å². The number of allylic oxidation sites excluding steroid dienone is 3. The van der Waals surface area contributed by atoms with Gasteiger partial charge in [-0.25, -0.2) is 0 Å². The zero-order valence-corrected chi connectivity index (χ0v) is 26.7. The van der Waals surface area contributed by atoms with Crippen molar-refractivity contribution in [1.82, 2.24) is 10.2 Å². The van der Waals surface area contributed by atoms with Gasteiger partial charge in [-0.15, -0.1) is 0 Å². The smallest absolute Gasteiger partial charge is 0.136 e. The Morgan fingerprint density at radius 2 is 1.40 bits per heavy atom. The molecule has 0 bridgehead atoms. The molecule has 0 aromatic heterocycles. The number of hydrogen-bond donors (Lipinski definition) is 1. The first-order valence-electron chi connectivity index (χ1n) is 16.2. The van der Waals surface area contributed by atoms with Gasteiger partial charge in [0.05, 0.1) is 17.4 Å². The lowest BCUT2D eigenvalue weighted by molar-refractivity contribution is 0.470. The van der Waals surface area contributed by atoms with Gasteiger partial charge in [0.2, 0.25) is 0 Å². The molecule has 1 atom stereocenters. The number of benzene rings is 5. The van der Waals surface area contributed by atoms with Crippen LogP contribution in [0.3, 0.4) is 0 Å². The van der Waals surface area contributed by atoms with Gasteiger partial charge in [-0.05, 0) is 76.6 Å². The summed E-state index contributed by atoms with van der Waals surface area (Å²) < 4.78 is 6.71. The molecular formula is C44H38N2O. The predicted octanol–water partition coefficient (Wildman–Crippen LogP) is 11.0. The van der Waals surface area contributed by atoms with Crippen molar-refractivity contribution in [2.75, 3.05) is 0 Å². The fourth-order valence-electron chi connectivity index (χ4n) is 6.55. The zero-order chi connectivity index (χ0) is 32.2. The molecule has 1 N–H and O–H groups in total. The van der Waals surface area contributed by atoms with Gasteiger partial charge >= 0.3 is 0 Å². The molecular weight excluding hydrogens is 572 g/mol. The maximum Gasteiger partial charge on any atom is 0.136 e. The summed E-state index contributed by atoms with van der Waals surface area (Å²) >= 11 is 0. The van der Waals surface area contributed by atoms with Crippen molar-refractivity contribution in [2.24, 2.45) is 0 Å². The van der Waals surface area contributed by atoms with Gasteiger partial charge in [0.25, 0.3) is 0 Å². The second kappa shape index (κ2) is 13.3. The summed E-state index contributed by atoms with van der Waals surface area (Å²) in [6, 6.07) is 46.2. The van der Waals surface area contributed by atoms with Crippen LogP contribution in [0.4, 0.5) is 0 Å². The number of nitrogens with one attached hydrogen (secondary N) is 1. The Morgan fingerprint density at radius 3 is 2.15 bits per heavy atom. The quantitative estimate of drug-likeness (QED) is 0.207. The first-order chi connectivity index (χ1) is 23.1. The lowest BCUT2D eigenvalue weighted by atomic mass is 9.91. The summed E-state index contributed by atoms with van der Waals surface area (Å²) in [6.07, 6.45) is 8.07. The summed E-state index contributed by atoms with van der Waals surface area (Å²) in [5.74, 6) is 2.56. The molecule has 0 saturated heterocycles. The van der Waals surface area contributed by atoms with Crippen LogP contribution in [-0.2, 0) is 6.42 Å². The van der Waals surface area contributed by atoms with E-state index in [4.69, 9.17) is 11.3 Å². The molecule has 3 heteroatoms. The van der Waals surface area contributed by atoms with Crippen LogP contribution in [-0.4, -0.2) is 4.90 Å². The van der Waals surface area contributed by atoms with Crippen LogP contribution >= 0.6 is 0 Å². The normalized spacial score (nSPS) is 17.7. The summed E-state index contributed by atoms with van der Waals surface area (Å²) in [6.45, 7) is 11.3. The van der Waals surface area contributed by atoms with Crippen LogP contribution in [0.5, 0.6) is 11.5 Å². The molecule has 2 aliphatic heterocycles. The SMILES string of the molecule is C=Cc1ccccc1/C1=C(\CC)Cc2ccccc2Oc2ccccc2C(=C)N1C1=CC(c2ccccc2)=CC(c2ccccc2)N1. The second-order valence-electron chi connectivity index (χ2n) is 11.8. The highest BCUT2D eigenvalue weighted by atomic mass is 16.5. The summed E-state index contributed by atoms with van der Waals surface area (Å²) in [7, 11) is 0. The summed E-state index contributed by atoms with van der Waals surface area (Å²) in [4.78, 5) is 2.32. The molecule has 7 rings (SSSR count). The van der Waals surface area contributed by atoms with Crippen molar-refractivity contribution in [1.29, 1.82) is 0 Å². The Labute approximate surface area is 278 Å². The number of nitrogens with zero attached hydrogens (tertiary/aromatic N) is 1. The van der Waals surface area contributed by atoms with E-state index in [1.165, 1.54) is 11.1 Å². The molecule has 3 nitrogen and oxygen atoms in total. The largest absolute Gasteiger partial charge is 0.456 e. The van der Waals surface area contributed by atoms with Crippen LogP contribution in [0.1, 0.15) is 52.8 Å². The minimum atomic E-state index is -0.0668. The lowest BCUT2D eigenvalue weighted by Crippen LogP contribution is -2.34. The maximum absolute atomic E-state index is 6.71. The van der Waals surface area contributed by atoms with E-state index in [1.807, 2.05) is 24.3 Å². The van der Waals surface area contributed by atoms with E-state index in [1.54, 1.807) is 0 Å². The van der Waals surface area contributed by atoms with Crippen LogP contribution < -0.4 is 10.1 Å². The number of fused-ring (bicyclic) bond motifs is 2. The van der Waals surface area contributed by atoms with Gasteiger partial charge < -0.3 is 10.1 Å². The molecule has 0 aliphatic carbocycles. The van der Waals surface area contributed by atoms with Gasteiger partial charge in [0.1, 0.15) is 17.3 Å². The van der Waals surface area contributed by atoms with Crippen LogP contribution in [0.25, 0.3) is 23.0 Å². The number of hydrogen-bond acceptors (Lipinski definition) is 3. The number of para-hydroxylation sites is 2. The monoisotopic (exact) mass is 610 g/mol. The Kier molecular flexibility index (Phi) is 8.44. The molecule has 47 heavy (non-hydrogen) atoms. The lowest BCUT2D eigenvalue weighted by Gasteiger charge is -2.39. The van der Waals surface area contributed by atoms with Crippen molar-refractivity contribution in [2.45, 2.75) is 25.8 Å². The molecule has 0 spiro atoms. The number of dihydropyridines is 1. The average Bonchev–Trinajstić information content (AvgIpc) is 3.14. The van der Waals surface area contributed by atoms with Gasteiger partial charge in [0.15, 0.2) is 0 Å². The molecule has 2 aliphatic rings. The first-order valence-corrected chi connectivity index (χ1v) is 16.2. The molecule has 2 heterocycles. The third-order valence-electron chi connectivity index (χ3n) is 8.93. The van der Waals surface area contributed by atoms with Crippen molar-refractivity contribution in [3.05, 3.63) is 204 Å². The van der Waals surface area contributed by atoms with Crippen molar-refractivity contribution in [3.63, 3.8) is 0 Å². The third kappa shape index (κ3) is 5.96. The molecule has 1 unspecified atom stereocenters. The third-order valence-corrected chi connectivity index (χ3v) is 8.93. The molecule has 5 aromatic carbocycles. The Bertz CT molecular complexity index is 2030. The number of rotatable bonds is 6. The van der Waals surface area contributed by atoms with Crippen LogP contribution in [0.15, 0.2) is 170 Å². The summed E-state index contributed by atoms with van der Waals surface area (Å²) in [5, 5.41) is 3.93. The Morgan fingerprint density at radius 1 is 0.766 bits per heavy atom.